The van der Waals surface area contributed by atoms with Crippen molar-refractivity contribution in [1.29, 1.82) is 5.41 Å². The lowest BCUT2D eigenvalue weighted by atomic mass is 10.3. The van der Waals surface area contributed by atoms with E-state index in [1.54, 1.807) is 11.8 Å². The SMILES string of the molecule is CC(=N)N(C)C.O=C(O)CCC(=O)O. The number of carbonyl (C=O) groups is 2. The van der Waals surface area contributed by atoms with Crippen molar-refractivity contribution in [3.8, 4) is 0 Å². The molecule has 14 heavy (non-hydrogen) atoms. The third-order valence-electron chi connectivity index (χ3n) is 1.22. The number of hydrogen-bond donors (Lipinski definition) is 3. The van der Waals surface area contributed by atoms with Crippen LogP contribution in [0.3, 0.4) is 0 Å². The van der Waals surface area contributed by atoms with Gasteiger partial charge >= 0.3 is 11.9 Å². The maximum atomic E-state index is 9.64. The van der Waals surface area contributed by atoms with Gasteiger partial charge in [0, 0.05) is 14.1 Å². The van der Waals surface area contributed by atoms with E-state index in [9.17, 15) is 9.59 Å². The first-order chi connectivity index (χ1) is 6.27. The summed E-state index contributed by atoms with van der Waals surface area (Å²) in [5.74, 6) is -1.56. The molecule has 0 amide bonds. The lowest BCUT2D eigenvalue weighted by Gasteiger charge is -2.06. The van der Waals surface area contributed by atoms with Crippen molar-refractivity contribution in [2.75, 3.05) is 14.1 Å². The van der Waals surface area contributed by atoms with Gasteiger partial charge in [-0.15, -0.1) is 0 Å². The molecule has 6 heteroatoms. The molecule has 3 N–H and O–H groups in total. The van der Waals surface area contributed by atoms with E-state index in [4.69, 9.17) is 15.6 Å². The molecule has 0 saturated heterocycles. The molecule has 0 aromatic carbocycles. The van der Waals surface area contributed by atoms with Gasteiger partial charge in [0.25, 0.3) is 0 Å². The Morgan fingerprint density at radius 2 is 1.36 bits per heavy atom. The third-order valence-corrected chi connectivity index (χ3v) is 1.22. The number of amidine groups is 1. The standard InChI is InChI=1S/C4H10N2.C4H6O4/c1-4(5)6(2)3;5-3(6)1-2-4(7)8/h5H,1-3H3;1-2H2,(H,5,6)(H,7,8). The molecule has 0 aromatic rings. The van der Waals surface area contributed by atoms with Crippen LogP contribution in [0.15, 0.2) is 0 Å². The molecule has 0 aliphatic heterocycles. The van der Waals surface area contributed by atoms with Crippen LogP contribution in [0.25, 0.3) is 0 Å². The molecule has 0 aromatic heterocycles. The number of nitrogens with one attached hydrogen (secondary N) is 1. The minimum atomic E-state index is -1.08. The quantitative estimate of drug-likeness (QED) is 0.458. The van der Waals surface area contributed by atoms with E-state index in [0.717, 1.165) is 0 Å². The summed E-state index contributed by atoms with van der Waals surface area (Å²) in [4.78, 5) is 21.0. The van der Waals surface area contributed by atoms with Crippen molar-refractivity contribution >= 4 is 17.8 Å². The molecule has 0 saturated carbocycles. The Morgan fingerprint density at radius 3 is 1.43 bits per heavy atom. The Balaban J connectivity index is 0. The van der Waals surface area contributed by atoms with Crippen LogP contribution in [0.4, 0.5) is 0 Å². The van der Waals surface area contributed by atoms with E-state index in [1.165, 1.54) is 0 Å². The van der Waals surface area contributed by atoms with Gasteiger partial charge in [-0.05, 0) is 6.92 Å². The van der Waals surface area contributed by atoms with E-state index in [2.05, 4.69) is 0 Å². The zero-order chi connectivity index (χ0) is 11.7. The molecule has 0 unspecified atom stereocenters. The van der Waals surface area contributed by atoms with Crippen LogP contribution in [0.2, 0.25) is 0 Å². The maximum Gasteiger partial charge on any atom is 0.303 e. The van der Waals surface area contributed by atoms with Crippen LogP contribution in [-0.4, -0.2) is 47.0 Å². The van der Waals surface area contributed by atoms with Gasteiger partial charge in [-0.25, -0.2) is 0 Å². The monoisotopic (exact) mass is 204 g/mol. The minimum Gasteiger partial charge on any atom is -0.481 e. The fraction of sp³-hybridized carbons (Fsp3) is 0.625. The molecule has 0 aliphatic rings. The number of hydrogen-bond acceptors (Lipinski definition) is 3. The van der Waals surface area contributed by atoms with Gasteiger partial charge in [-0.1, -0.05) is 0 Å². The Morgan fingerprint density at radius 1 is 1.14 bits per heavy atom. The number of carboxylic acids is 2. The molecule has 0 fully saturated rings. The highest BCUT2D eigenvalue weighted by Gasteiger charge is 2.00. The highest BCUT2D eigenvalue weighted by molar-refractivity contribution is 5.75. The van der Waals surface area contributed by atoms with E-state index in [-0.39, 0.29) is 12.8 Å². The molecule has 0 spiro atoms. The molecule has 0 bridgehead atoms. The molecular weight excluding hydrogens is 188 g/mol. The molecular formula is C8H16N2O4. The summed E-state index contributed by atoms with van der Waals surface area (Å²) in [6, 6.07) is 0. The molecule has 0 heterocycles. The first-order valence-electron chi connectivity index (χ1n) is 3.93. The molecule has 0 rings (SSSR count). The Hall–Kier alpha value is -1.59. The van der Waals surface area contributed by atoms with Gasteiger partial charge in [0.1, 0.15) is 0 Å². The smallest absolute Gasteiger partial charge is 0.303 e. The fourth-order valence-electron chi connectivity index (χ4n) is 0.214. The summed E-state index contributed by atoms with van der Waals surface area (Å²) in [6.45, 7) is 1.75. The van der Waals surface area contributed by atoms with Crippen molar-refractivity contribution in [2.24, 2.45) is 0 Å². The van der Waals surface area contributed by atoms with E-state index in [0.29, 0.717) is 5.84 Å². The number of nitrogens with zero attached hydrogens (tertiary/aromatic N) is 1. The van der Waals surface area contributed by atoms with Crippen molar-refractivity contribution in [1.82, 2.24) is 4.90 Å². The van der Waals surface area contributed by atoms with E-state index < -0.39 is 11.9 Å². The summed E-state index contributed by atoms with van der Waals surface area (Å²) in [5, 5.41) is 22.7. The van der Waals surface area contributed by atoms with Gasteiger partial charge in [-0.2, -0.15) is 0 Å². The Kier molecular flexibility index (Phi) is 8.55. The zero-order valence-electron chi connectivity index (χ0n) is 8.57. The van der Waals surface area contributed by atoms with Gasteiger partial charge in [0.15, 0.2) is 0 Å². The van der Waals surface area contributed by atoms with Crippen LogP contribution in [-0.2, 0) is 9.59 Å². The van der Waals surface area contributed by atoms with Crippen LogP contribution < -0.4 is 0 Å². The second-order valence-corrected chi connectivity index (χ2v) is 2.77. The average Bonchev–Trinajstić information content (AvgIpc) is 2.01. The van der Waals surface area contributed by atoms with Crippen molar-refractivity contribution < 1.29 is 19.8 Å². The van der Waals surface area contributed by atoms with Crippen molar-refractivity contribution in [3.63, 3.8) is 0 Å². The lowest BCUT2D eigenvalue weighted by molar-refractivity contribution is -0.143. The lowest BCUT2D eigenvalue weighted by Crippen LogP contribution is -2.16. The summed E-state index contributed by atoms with van der Waals surface area (Å²) in [7, 11) is 3.70. The first kappa shape index (κ1) is 14.9. The highest BCUT2D eigenvalue weighted by Crippen LogP contribution is 1.86. The predicted octanol–water partition coefficient (Wildman–Crippen LogP) is 0.481. The van der Waals surface area contributed by atoms with E-state index >= 15 is 0 Å². The third kappa shape index (κ3) is 16.8. The topological polar surface area (TPSA) is 102 Å². The molecule has 0 radical (unpaired) electrons. The minimum absolute atomic E-state index is 0.296. The van der Waals surface area contributed by atoms with Gasteiger partial charge in [-0.3, -0.25) is 15.0 Å². The van der Waals surface area contributed by atoms with Gasteiger partial charge in [0.05, 0.1) is 18.7 Å². The second-order valence-electron chi connectivity index (χ2n) is 2.77. The Bertz CT molecular complexity index is 199. The Labute approximate surface area is 82.7 Å². The van der Waals surface area contributed by atoms with Crippen molar-refractivity contribution in [2.45, 2.75) is 19.8 Å². The number of aliphatic carboxylic acids is 2. The number of carboxylic acid groups (broad SMARTS) is 2. The molecule has 6 nitrogen and oxygen atoms in total. The van der Waals surface area contributed by atoms with Crippen LogP contribution in [0, 0.1) is 5.41 Å². The zero-order valence-corrected chi connectivity index (χ0v) is 8.57. The maximum absolute atomic E-state index is 9.64. The molecule has 0 atom stereocenters. The average molecular weight is 204 g/mol. The molecule has 0 aliphatic carbocycles. The predicted molar refractivity (Wildman–Crippen MR) is 51.6 cm³/mol. The van der Waals surface area contributed by atoms with E-state index in [1.807, 2.05) is 14.1 Å². The molecule has 82 valence electrons. The number of rotatable bonds is 3. The largest absolute Gasteiger partial charge is 0.481 e. The van der Waals surface area contributed by atoms with Crippen LogP contribution in [0.5, 0.6) is 0 Å². The normalized spacial score (nSPS) is 8.21. The summed E-state index contributed by atoms with van der Waals surface area (Å²) < 4.78 is 0. The van der Waals surface area contributed by atoms with Gasteiger partial charge in [0.2, 0.25) is 0 Å². The van der Waals surface area contributed by atoms with Crippen molar-refractivity contribution in [3.05, 3.63) is 0 Å². The van der Waals surface area contributed by atoms with Crippen LogP contribution in [0.1, 0.15) is 19.8 Å². The van der Waals surface area contributed by atoms with Crippen LogP contribution >= 0.6 is 0 Å². The summed E-state index contributed by atoms with van der Waals surface area (Å²) in [6.07, 6.45) is -0.593. The van der Waals surface area contributed by atoms with Gasteiger partial charge < -0.3 is 15.1 Å². The fourth-order valence-corrected chi connectivity index (χ4v) is 0.214. The summed E-state index contributed by atoms with van der Waals surface area (Å²) in [5.41, 5.74) is 0. The summed E-state index contributed by atoms with van der Waals surface area (Å²) >= 11 is 0. The second kappa shape index (κ2) is 8.03. The first-order valence-corrected chi connectivity index (χ1v) is 3.93. The highest BCUT2D eigenvalue weighted by atomic mass is 16.4.